The van der Waals surface area contributed by atoms with Gasteiger partial charge in [-0.1, -0.05) is 69.6 Å². The van der Waals surface area contributed by atoms with Crippen LogP contribution in [0, 0.1) is 0 Å². The van der Waals surface area contributed by atoms with E-state index in [1.165, 1.54) is 44.5 Å². The summed E-state index contributed by atoms with van der Waals surface area (Å²) in [6.45, 7) is 38.5. The van der Waals surface area contributed by atoms with Crippen molar-refractivity contribution in [1.29, 1.82) is 0 Å². The van der Waals surface area contributed by atoms with Gasteiger partial charge in [-0.25, -0.2) is 0 Å². The van der Waals surface area contributed by atoms with E-state index in [1.807, 2.05) is 55.8 Å². The van der Waals surface area contributed by atoms with Gasteiger partial charge in [-0.15, -0.1) is 0 Å². The Kier molecular flexibility index (Phi) is 30.1. The summed E-state index contributed by atoms with van der Waals surface area (Å²) in [6, 6.07) is 18.8. The molecule has 0 fully saturated rings. The first-order valence-corrected chi connectivity index (χ1v) is 39.5. The van der Waals surface area contributed by atoms with E-state index < -0.39 is 19.8 Å². The molecule has 0 radical (unpaired) electrons. The Labute approximate surface area is 548 Å². The molecule has 0 aromatic heterocycles. The molecule has 0 aliphatic carbocycles. The minimum absolute atomic E-state index is 0.0716. The van der Waals surface area contributed by atoms with Crippen molar-refractivity contribution in [1.82, 2.24) is 0 Å². The number of carbonyl (C=O) groups excluding carboxylic acids is 2. The van der Waals surface area contributed by atoms with Crippen LogP contribution in [0.2, 0.25) is 0 Å². The Morgan fingerprint density at radius 2 is 0.537 bits per heavy atom. The van der Waals surface area contributed by atoms with E-state index in [1.54, 1.807) is 0 Å². The first-order chi connectivity index (χ1) is 37.6. The molecule has 0 spiro atoms. The summed E-state index contributed by atoms with van der Waals surface area (Å²) in [6.07, 6.45) is 0. The van der Waals surface area contributed by atoms with Gasteiger partial charge >= 0.3 is 476 Å². The summed E-state index contributed by atoms with van der Waals surface area (Å²) >= 11 is 29.3. The molecule has 1 aliphatic heterocycles. The number of rotatable bonds is 8. The van der Waals surface area contributed by atoms with Gasteiger partial charge in [0.25, 0.3) is 0 Å². The second-order valence-electron chi connectivity index (χ2n) is 26.1. The molecule has 8 bridgehead atoms. The van der Waals surface area contributed by atoms with Crippen molar-refractivity contribution in [2.75, 3.05) is 27.4 Å². The number of hydrogen-bond acceptors (Lipinski definition) is 8. The van der Waals surface area contributed by atoms with E-state index in [9.17, 15) is 9.59 Å². The maximum Gasteiger partial charge on any atom is 0.180 e. The number of alkyl halides is 6. The predicted octanol–water partition coefficient (Wildman–Crippen LogP) is 16.2. The fourth-order valence-corrected chi connectivity index (χ4v) is 16.7. The Balaban J connectivity index is 0.00000206. The van der Waals surface area contributed by atoms with Crippen LogP contribution in [0.1, 0.15) is 191 Å². The third-order valence-corrected chi connectivity index (χ3v) is 21.1. The molecule has 0 amide bonds. The minimum Gasteiger partial charge on any atom is -0.0874 e. The van der Waals surface area contributed by atoms with Crippen LogP contribution in [-0.2, 0) is 83.3 Å². The number of carbonyl (C=O) groups is 2. The van der Waals surface area contributed by atoms with E-state index in [2.05, 4.69) is 132 Å². The quantitative estimate of drug-likeness (QED) is 0.0979. The van der Waals surface area contributed by atoms with Crippen molar-refractivity contribution in [2.24, 2.45) is 0 Å². The van der Waals surface area contributed by atoms with Gasteiger partial charge in [0.05, 0.1) is 0 Å². The Morgan fingerprint density at radius 3 is 0.683 bits per heavy atom. The van der Waals surface area contributed by atoms with Gasteiger partial charge in [-0.3, -0.25) is 0 Å². The van der Waals surface area contributed by atoms with Crippen LogP contribution >= 0.6 is 69.6 Å². The number of benzene rings is 4. The molecular formula is C64H90Cl6O8Se4. The monoisotopic (exact) mass is 1520 g/mol. The molecule has 18 heteroatoms. The van der Waals surface area contributed by atoms with Crippen molar-refractivity contribution < 1.29 is 38.0 Å². The molecule has 0 atom stereocenters. The van der Waals surface area contributed by atoms with Gasteiger partial charge in [0.1, 0.15) is 0 Å². The van der Waals surface area contributed by atoms with E-state index in [0.717, 1.165) is 87.8 Å². The minimum atomic E-state index is -0.750. The standard InChI is InChI=1S/C62H88O8Se4.2CHCl3/c1-57(2,3)47-21-39-31-71-35-43-25-49(59(7,8)9)27-45(55(43)67-29-51(63)69-61(13,14)15)37-73-33-41-23-48(58(4,5)6)24-42(54(41)66-20)34-74-38-46-28-50(60(10,11)12)26-44(36-72-32-40(22-47)53(39)65-19)56(46)68-30-52(64)70-62(16,17)18;2*2-1(3)4/h21-28H,29-38H2,1-20H3;2*1H. The van der Waals surface area contributed by atoms with E-state index in [4.69, 9.17) is 98.0 Å². The second-order valence-corrected chi connectivity index (χ2v) is 38.3. The average Bonchev–Trinajstić information content (AvgIpc) is 3.30. The van der Waals surface area contributed by atoms with Crippen molar-refractivity contribution >= 4 is 141 Å². The molecule has 0 N–H and O–H groups in total. The second kappa shape index (κ2) is 32.9. The van der Waals surface area contributed by atoms with Gasteiger partial charge in [0.15, 0.2) is 8.59 Å². The molecular weight excluding hydrogens is 1430 g/mol. The summed E-state index contributed by atoms with van der Waals surface area (Å²) in [4.78, 5) is 26.6. The molecule has 1 aliphatic rings. The maximum atomic E-state index is 13.3. The summed E-state index contributed by atoms with van der Waals surface area (Å²) in [5, 5.41) is 6.80. The first kappa shape index (κ1) is 75.1. The largest absolute Gasteiger partial charge is 0.180 e. The Morgan fingerprint density at radius 1 is 0.366 bits per heavy atom. The van der Waals surface area contributed by atoms with Crippen LogP contribution in [0.15, 0.2) is 48.5 Å². The molecule has 0 saturated carbocycles. The van der Waals surface area contributed by atoms with Crippen LogP contribution in [0.25, 0.3) is 0 Å². The summed E-state index contributed by atoms with van der Waals surface area (Å²) in [5.41, 5.74) is 13.1. The Bertz CT molecular complexity index is 2430. The van der Waals surface area contributed by atoms with Crippen LogP contribution in [0.3, 0.4) is 0 Å². The molecule has 460 valence electrons. The van der Waals surface area contributed by atoms with Crippen LogP contribution in [0.4, 0.5) is 0 Å². The van der Waals surface area contributed by atoms with Crippen molar-refractivity contribution in [3.8, 4) is 23.0 Å². The zero-order valence-electron chi connectivity index (χ0n) is 52.0. The molecule has 0 unspecified atom stereocenters. The SMILES string of the molecule is COc1c2cc(C(C)(C)C)cc1C[Se]Cc1cc(C(C)(C)C)cc(c1OCC(=O)OC(C)(C)C)C[Se]Cc1cc(C(C)(C)C)cc(c1OC)C[Se]Cc1cc(C(C)(C)C)cc(c1OCC(=O)OC(C)(C)C)C[Se]C2.ClC(Cl)Cl.ClC(Cl)Cl. The van der Waals surface area contributed by atoms with Gasteiger partial charge < -0.3 is 0 Å². The normalized spacial score (nSPS) is 14.3. The fourth-order valence-electron chi connectivity index (χ4n) is 8.59. The Hall–Kier alpha value is -1.16. The van der Waals surface area contributed by atoms with E-state index in [-0.39, 0.29) is 107 Å². The number of ether oxygens (including phenoxy) is 6. The van der Waals surface area contributed by atoms with Gasteiger partial charge in [-0.05, 0) is 0 Å². The van der Waals surface area contributed by atoms with Crippen molar-refractivity contribution in [2.45, 2.75) is 209 Å². The summed E-state index contributed by atoms with van der Waals surface area (Å²) < 4.78 is 36.2. The smallest absolute Gasteiger partial charge is 0.0874 e. The number of hydrogen-bond donors (Lipinski definition) is 0. The van der Waals surface area contributed by atoms with Crippen LogP contribution < -0.4 is 18.9 Å². The van der Waals surface area contributed by atoms with Crippen LogP contribution in [-0.4, -0.2) is 119 Å². The third kappa shape index (κ3) is 26.3. The predicted molar refractivity (Wildman–Crippen MR) is 352 cm³/mol. The number of fused-ring (bicyclic) bond motifs is 8. The molecule has 1 heterocycles. The summed E-state index contributed by atoms with van der Waals surface area (Å²) in [5.74, 6) is 2.87. The van der Waals surface area contributed by atoms with Gasteiger partial charge in [0.2, 0.25) is 0 Å². The van der Waals surface area contributed by atoms with Crippen molar-refractivity contribution in [3.63, 3.8) is 0 Å². The maximum absolute atomic E-state index is 13.3. The van der Waals surface area contributed by atoms with Gasteiger partial charge in [0, 0.05) is 0 Å². The first-order valence-electron chi connectivity index (χ1n) is 27.2. The van der Waals surface area contributed by atoms with Gasteiger partial charge in [-0.2, -0.15) is 0 Å². The van der Waals surface area contributed by atoms with Crippen molar-refractivity contribution in [3.05, 3.63) is 115 Å². The number of esters is 2. The van der Waals surface area contributed by atoms with E-state index >= 15 is 0 Å². The zero-order valence-corrected chi connectivity index (χ0v) is 63.4. The van der Waals surface area contributed by atoms with Crippen LogP contribution in [0.5, 0.6) is 23.0 Å². The average molecular weight is 1520 g/mol. The molecule has 82 heavy (non-hydrogen) atoms. The fraction of sp³-hybridized carbons (Fsp3) is 0.594. The third-order valence-electron chi connectivity index (χ3n) is 12.4. The topological polar surface area (TPSA) is 89.5 Å². The molecule has 5 rings (SSSR count). The number of methoxy groups -OCH3 is 2. The number of halogens is 6. The zero-order chi connectivity index (χ0) is 62.3. The molecule has 4 aromatic rings. The summed E-state index contributed by atoms with van der Waals surface area (Å²) in [7, 11) is 3.63. The van der Waals surface area contributed by atoms with E-state index in [0.29, 0.717) is 0 Å². The molecule has 8 nitrogen and oxygen atoms in total. The molecule has 4 aromatic carbocycles. The molecule has 0 saturated heterocycles.